The lowest BCUT2D eigenvalue weighted by Crippen LogP contribution is -2.06. The van der Waals surface area contributed by atoms with E-state index < -0.39 is 0 Å². The summed E-state index contributed by atoms with van der Waals surface area (Å²) in [6.07, 6.45) is 0.915. The van der Waals surface area contributed by atoms with Crippen LogP contribution in [-0.2, 0) is 0 Å². The third-order valence-electron chi connectivity index (χ3n) is 2.46. The highest BCUT2D eigenvalue weighted by atomic mass is 35.5. The van der Waals surface area contributed by atoms with Crippen LogP contribution in [0.1, 0.15) is 41.8 Å². The molecule has 0 aromatic heterocycles. The number of Topliss-reactive ketones (excluding diaryl/α,β-unsaturated/α-hetero) is 1. The fourth-order valence-corrected chi connectivity index (χ4v) is 1.92. The molecule has 0 amide bonds. The Bertz CT molecular complexity index is 411. The van der Waals surface area contributed by atoms with Gasteiger partial charge in [-0.3, -0.25) is 4.79 Å². The first-order chi connectivity index (χ1) is 7.49. The molecule has 16 heavy (non-hydrogen) atoms. The van der Waals surface area contributed by atoms with E-state index >= 15 is 0 Å². The van der Waals surface area contributed by atoms with Crippen molar-refractivity contribution in [2.75, 3.05) is 6.61 Å². The van der Waals surface area contributed by atoms with E-state index in [0.717, 1.165) is 17.5 Å². The Kier molecular flexibility index (Phi) is 4.36. The Labute approximate surface area is 102 Å². The van der Waals surface area contributed by atoms with Gasteiger partial charge in [-0.1, -0.05) is 18.5 Å². The smallest absolute Gasteiger partial charge is 0.163 e. The molecule has 0 unspecified atom stereocenters. The zero-order valence-electron chi connectivity index (χ0n) is 10.2. The van der Waals surface area contributed by atoms with Gasteiger partial charge < -0.3 is 4.74 Å². The molecule has 1 aromatic rings. The molecule has 2 nitrogen and oxygen atoms in total. The Morgan fingerprint density at radius 2 is 2.06 bits per heavy atom. The van der Waals surface area contributed by atoms with E-state index in [2.05, 4.69) is 0 Å². The van der Waals surface area contributed by atoms with Crippen LogP contribution in [-0.4, -0.2) is 12.4 Å². The number of rotatable bonds is 4. The van der Waals surface area contributed by atoms with Gasteiger partial charge in [0, 0.05) is 5.02 Å². The molecule has 0 fully saturated rings. The fourth-order valence-electron chi connectivity index (χ4n) is 1.66. The first-order valence-corrected chi connectivity index (χ1v) is 5.80. The van der Waals surface area contributed by atoms with Crippen molar-refractivity contribution in [1.29, 1.82) is 0 Å². The maximum atomic E-state index is 11.6. The highest BCUT2D eigenvalue weighted by Gasteiger charge is 2.17. The van der Waals surface area contributed by atoms with Gasteiger partial charge in [-0.05, 0) is 44.4 Å². The van der Waals surface area contributed by atoms with Crippen LogP contribution in [0, 0.1) is 13.8 Å². The van der Waals surface area contributed by atoms with Crippen molar-refractivity contribution < 1.29 is 9.53 Å². The first kappa shape index (κ1) is 13.0. The minimum Gasteiger partial charge on any atom is -0.493 e. The summed E-state index contributed by atoms with van der Waals surface area (Å²) < 4.78 is 5.63. The molecule has 0 aliphatic heterocycles. The molecule has 0 saturated heterocycles. The van der Waals surface area contributed by atoms with Gasteiger partial charge in [0.2, 0.25) is 0 Å². The van der Waals surface area contributed by atoms with Crippen molar-refractivity contribution in [3.8, 4) is 5.75 Å². The van der Waals surface area contributed by atoms with E-state index in [1.165, 1.54) is 6.92 Å². The molecule has 0 atom stereocenters. The van der Waals surface area contributed by atoms with Crippen molar-refractivity contribution in [3.63, 3.8) is 0 Å². The second-order valence-electron chi connectivity index (χ2n) is 3.91. The molecule has 0 bridgehead atoms. The average molecular weight is 241 g/mol. The molecule has 0 radical (unpaired) electrons. The van der Waals surface area contributed by atoms with Crippen LogP contribution in [0.2, 0.25) is 5.02 Å². The zero-order valence-corrected chi connectivity index (χ0v) is 10.9. The predicted octanol–water partition coefficient (Wildman–Crippen LogP) is 3.95. The molecule has 1 rings (SSSR count). The van der Waals surface area contributed by atoms with Gasteiger partial charge in [0.25, 0.3) is 0 Å². The van der Waals surface area contributed by atoms with Gasteiger partial charge in [0.1, 0.15) is 5.75 Å². The van der Waals surface area contributed by atoms with Gasteiger partial charge in [-0.25, -0.2) is 0 Å². The van der Waals surface area contributed by atoms with E-state index in [0.29, 0.717) is 22.9 Å². The molecule has 1 aromatic carbocycles. The Hall–Kier alpha value is -1.02. The van der Waals surface area contributed by atoms with Gasteiger partial charge in [-0.2, -0.15) is 0 Å². The average Bonchev–Trinajstić information content (AvgIpc) is 2.20. The monoisotopic (exact) mass is 240 g/mol. The molecule has 0 saturated carbocycles. The van der Waals surface area contributed by atoms with Crippen LogP contribution in [0.15, 0.2) is 6.07 Å². The minimum atomic E-state index is -0.00537. The number of aryl methyl sites for hydroxylation is 1. The van der Waals surface area contributed by atoms with Crippen molar-refractivity contribution in [1.82, 2.24) is 0 Å². The van der Waals surface area contributed by atoms with Crippen molar-refractivity contribution in [2.24, 2.45) is 0 Å². The highest BCUT2D eigenvalue weighted by Crippen LogP contribution is 2.32. The highest BCUT2D eigenvalue weighted by molar-refractivity contribution is 6.32. The Morgan fingerprint density at radius 1 is 1.44 bits per heavy atom. The predicted molar refractivity (Wildman–Crippen MR) is 66.7 cm³/mol. The van der Waals surface area contributed by atoms with Crippen molar-refractivity contribution >= 4 is 17.4 Å². The van der Waals surface area contributed by atoms with E-state index in [1.807, 2.05) is 26.8 Å². The fraction of sp³-hybridized carbons (Fsp3) is 0.462. The third-order valence-corrected chi connectivity index (χ3v) is 2.86. The van der Waals surface area contributed by atoms with E-state index in [1.54, 1.807) is 0 Å². The van der Waals surface area contributed by atoms with Gasteiger partial charge in [-0.15, -0.1) is 0 Å². The molecule has 0 N–H and O–H groups in total. The molecule has 0 aliphatic rings. The normalized spacial score (nSPS) is 10.3. The van der Waals surface area contributed by atoms with Crippen LogP contribution < -0.4 is 4.74 Å². The summed E-state index contributed by atoms with van der Waals surface area (Å²) in [6.45, 7) is 7.94. The topological polar surface area (TPSA) is 26.3 Å². The third kappa shape index (κ3) is 2.56. The van der Waals surface area contributed by atoms with Gasteiger partial charge in [0.05, 0.1) is 12.2 Å². The van der Waals surface area contributed by atoms with Gasteiger partial charge >= 0.3 is 0 Å². The second kappa shape index (κ2) is 5.35. The number of carbonyl (C=O) groups is 1. The summed E-state index contributed by atoms with van der Waals surface area (Å²) in [6, 6.07) is 1.84. The van der Waals surface area contributed by atoms with E-state index in [4.69, 9.17) is 16.3 Å². The lowest BCUT2D eigenvalue weighted by molar-refractivity contribution is 0.101. The van der Waals surface area contributed by atoms with Gasteiger partial charge in [0.15, 0.2) is 5.78 Å². The van der Waals surface area contributed by atoms with Crippen molar-refractivity contribution in [2.45, 2.75) is 34.1 Å². The number of halogens is 1. The van der Waals surface area contributed by atoms with E-state index in [9.17, 15) is 4.79 Å². The molecular weight excluding hydrogens is 224 g/mol. The number of benzene rings is 1. The first-order valence-electron chi connectivity index (χ1n) is 5.42. The zero-order chi connectivity index (χ0) is 12.3. The van der Waals surface area contributed by atoms with Crippen LogP contribution in [0.4, 0.5) is 0 Å². The summed E-state index contributed by atoms with van der Waals surface area (Å²) >= 11 is 6.06. The van der Waals surface area contributed by atoms with E-state index in [-0.39, 0.29) is 5.78 Å². The SMILES string of the molecule is CCCOc1c(C)cc(Cl)c(C)c1C(C)=O. The number of carbonyl (C=O) groups excluding carboxylic acids is 1. The number of ether oxygens (including phenoxy) is 1. The standard InChI is InChI=1S/C13H17ClO2/c1-5-6-16-13-8(2)7-11(14)9(3)12(13)10(4)15/h7H,5-6H2,1-4H3. The molecule has 88 valence electrons. The second-order valence-corrected chi connectivity index (χ2v) is 4.32. The molecule has 0 aliphatic carbocycles. The maximum Gasteiger partial charge on any atom is 0.163 e. The summed E-state index contributed by atoms with van der Waals surface area (Å²) in [5.74, 6) is 0.672. The Morgan fingerprint density at radius 3 is 2.56 bits per heavy atom. The summed E-state index contributed by atoms with van der Waals surface area (Å²) in [7, 11) is 0. The summed E-state index contributed by atoms with van der Waals surface area (Å²) in [5, 5.41) is 0.617. The molecule has 3 heteroatoms. The molecule has 0 heterocycles. The molecule has 0 spiro atoms. The maximum absolute atomic E-state index is 11.6. The number of hydrogen-bond donors (Lipinski definition) is 0. The summed E-state index contributed by atoms with van der Waals surface area (Å²) in [5.41, 5.74) is 2.32. The molecular formula is C13H17ClO2. The largest absolute Gasteiger partial charge is 0.493 e. The summed E-state index contributed by atoms with van der Waals surface area (Å²) in [4.78, 5) is 11.6. The number of ketones is 1. The van der Waals surface area contributed by atoms with Crippen LogP contribution in [0.5, 0.6) is 5.75 Å². The lowest BCUT2D eigenvalue weighted by atomic mass is 10.0. The van der Waals surface area contributed by atoms with Crippen LogP contribution in [0.25, 0.3) is 0 Å². The van der Waals surface area contributed by atoms with Crippen molar-refractivity contribution in [3.05, 3.63) is 27.8 Å². The van der Waals surface area contributed by atoms with Crippen LogP contribution in [0.3, 0.4) is 0 Å². The van der Waals surface area contributed by atoms with Crippen LogP contribution >= 0.6 is 11.6 Å². The quantitative estimate of drug-likeness (QED) is 0.745. The Balaban J connectivity index is 3.32. The minimum absolute atomic E-state index is 0.00537. The number of hydrogen-bond acceptors (Lipinski definition) is 2. The lowest BCUT2D eigenvalue weighted by Gasteiger charge is -2.15.